The van der Waals surface area contributed by atoms with Crippen molar-refractivity contribution in [1.82, 2.24) is 14.8 Å². The van der Waals surface area contributed by atoms with E-state index in [1.807, 2.05) is 4.90 Å². The normalized spacial score (nSPS) is 14.1. The Kier molecular flexibility index (Phi) is 8.73. The van der Waals surface area contributed by atoms with Gasteiger partial charge in [0, 0.05) is 25.2 Å². The van der Waals surface area contributed by atoms with E-state index in [9.17, 15) is 18.0 Å². The summed E-state index contributed by atoms with van der Waals surface area (Å²) in [5.41, 5.74) is -0.242. The van der Waals surface area contributed by atoms with Gasteiger partial charge in [0.05, 0.1) is 40.9 Å². The van der Waals surface area contributed by atoms with E-state index in [2.05, 4.69) is 15.5 Å². The molecular weight excluding hydrogens is 554 g/mol. The van der Waals surface area contributed by atoms with E-state index in [0.29, 0.717) is 58.8 Å². The molecule has 198 valence electrons. The second kappa shape index (κ2) is 11.8. The highest BCUT2D eigenvalue weighted by atomic mass is 35.5. The van der Waals surface area contributed by atoms with Crippen LogP contribution in [0.4, 0.5) is 24.5 Å². The molecule has 2 aromatic carbocycles. The van der Waals surface area contributed by atoms with Gasteiger partial charge in [-0.3, -0.25) is 4.79 Å². The van der Waals surface area contributed by atoms with Crippen molar-refractivity contribution >= 4 is 52.2 Å². The molecule has 0 radical (unpaired) electrons. The zero-order chi connectivity index (χ0) is 26.6. The van der Waals surface area contributed by atoms with Crippen molar-refractivity contribution in [3.63, 3.8) is 0 Å². The first-order chi connectivity index (χ1) is 17.6. The van der Waals surface area contributed by atoms with Gasteiger partial charge in [0.25, 0.3) is 0 Å². The zero-order valence-electron chi connectivity index (χ0n) is 19.5. The number of aromatic nitrogens is 3. The van der Waals surface area contributed by atoms with Crippen LogP contribution in [-0.2, 0) is 29.4 Å². The zero-order valence-corrected chi connectivity index (χ0v) is 21.8. The number of anilines is 2. The van der Waals surface area contributed by atoms with Crippen LogP contribution >= 0.6 is 35.0 Å². The average Bonchev–Trinajstić information content (AvgIpc) is 3.21. The molecule has 37 heavy (non-hydrogen) atoms. The number of hydrogen-bond acceptors (Lipinski definition) is 7. The van der Waals surface area contributed by atoms with Gasteiger partial charge < -0.3 is 24.3 Å². The molecule has 0 aliphatic carbocycles. The number of hydrogen-bond donors (Lipinski definition) is 1. The van der Waals surface area contributed by atoms with Crippen LogP contribution < -0.4 is 15.0 Å². The van der Waals surface area contributed by atoms with E-state index in [1.165, 1.54) is 6.07 Å². The minimum absolute atomic E-state index is 0.0742. The van der Waals surface area contributed by atoms with Crippen molar-refractivity contribution < 1.29 is 27.4 Å². The van der Waals surface area contributed by atoms with Crippen LogP contribution in [0.25, 0.3) is 0 Å². The van der Waals surface area contributed by atoms with Crippen LogP contribution in [0, 0.1) is 0 Å². The molecule has 1 N–H and O–H groups in total. The van der Waals surface area contributed by atoms with E-state index in [0.717, 1.165) is 23.9 Å². The topological polar surface area (TPSA) is 81.5 Å². The number of ether oxygens (including phenoxy) is 2. The molecule has 4 rings (SSSR count). The molecular formula is C23H22Cl2F3N5O3S. The Balaban J connectivity index is 1.40. The number of thioether (sulfide) groups is 1. The van der Waals surface area contributed by atoms with Crippen molar-refractivity contribution in [3.8, 4) is 5.75 Å². The van der Waals surface area contributed by atoms with Crippen LogP contribution in [0.3, 0.4) is 0 Å². The molecule has 0 saturated carbocycles. The van der Waals surface area contributed by atoms with Crippen LogP contribution in [0.2, 0.25) is 10.0 Å². The molecule has 0 unspecified atom stereocenters. The molecule has 1 amide bonds. The maximum Gasteiger partial charge on any atom is 0.416 e. The Morgan fingerprint density at radius 2 is 1.92 bits per heavy atom. The first-order valence-electron chi connectivity index (χ1n) is 11.0. The highest BCUT2D eigenvalue weighted by Gasteiger charge is 2.32. The molecule has 1 aliphatic heterocycles. The van der Waals surface area contributed by atoms with E-state index in [4.69, 9.17) is 32.7 Å². The number of halogens is 5. The van der Waals surface area contributed by atoms with Gasteiger partial charge in [-0.15, -0.1) is 10.2 Å². The summed E-state index contributed by atoms with van der Waals surface area (Å²) in [5, 5.41) is 12.0. The average molecular weight is 576 g/mol. The van der Waals surface area contributed by atoms with Gasteiger partial charge in [-0.1, -0.05) is 35.0 Å². The molecule has 8 nitrogen and oxygen atoms in total. The third kappa shape index (κ3) is 7.01. The van der Waals surface area contributed by atoms with Gasteiger partial charge in [-0.2, -0.15) is 13.2 Å². The van der Waals surface area contributed by atoms with Crippen molar-refractivity contribution in [2.75, 3.05) is 42.3 Å². The van der Waals surface area contributed by atoms with Gasteiger partial charge in [0.1, 0.15) is 12.4 Å². The fourth-order valence-electron chi connectivity index (χ4n) is 3.54. The number of amides is 1. The smallest absolute Gasteiger partial charge is 0.416 e. The Labute approximate surface area is 225 Å². The molecule has 2 heterocycles. The van der Waals surface area contributed by atoms with Crippen LogP contribution in [0.15, 0.2) is 41.6 Å². The number of benzene rings is 2. The predicted octanol–water partition coefficient (Wildman–Crippen LogP) is 5.29. The lowest BCUT2D eigenvalue weighted by atomic mass is 10.1. The second-order valence-electron chi connectivity index (χ2n) is 7.99. The largest absolute Gasteiger partial charge is 0.484 e. The Morgan fingerprint density at radius 3 is 2.62 bits per heavy atom. The molecule has 0 atom stereocenters. The van der Waals surface area contributed by atoms with Gasteiger partial charge in [0.15, 0.2) is 11.0 Å². The van der Waals surface area contributed by atoms with Crippen LogP contribution in [-0.4, -0.2) is 52.7 Å². The molecule has 14 heteroatoms. The van der Waals surface area contributed by atoms with Gasteiger partial charge in [0.2, 0.25) is 5.91 Å². The number of morpholine rings is 1. The molecule has 1 fully saturated rings. The molecule has 3 aromatic rings. The number of rotatable bonds is 8. The second-order valence-corrected chi connectivity index (χ2v) is 9.77. The maximum atomic E-state index is 13.3. The van der Waals surface area contributed by atoms with E-state index in [-0.39, 0.29) is 18.0 Å². The number of alkyl halides is 3. The third-order valence-corrected chi connectivity index (χ3v) is 7.01. The summed E-state index contributed by atoms with van der Waals surface area (Å²) in [7, 11) is 1.71. The Bertz CT molecular complexity index is 1270. The summed E-state index contributed by atoms with van der Waals surface area (Å²) in [6.45, 7) is 1.99. The molecule has 0 bridgehead atoms. The summed E-state index contributed by atoms with van der Waals surface area (Å²) in [6.07, 6.45) is -4.54. The minimum atomic E-state index is -4.54. The molecule has 1 saturated heterocycles. The van der Waals surface area contributed by atoms with Gasteiger partial charge >= 0.3 is 6.18 Å². The monoisotopic (exact) mass is 575 g/mol. The Hall–Kier alpha value is -2.67. The quantitative estimate of drug-likeness (QED) is 0.365. The lowest BCUT2D eigenvalue weighted by Crippen LogP contribution is -2.37. The SMILES string of the molecule is Cn1c(COc2ccc(Cl)cc2Cl)nnc1SCC(=O)Nc1cc(C(F)(F)F)ccc1N1CCOCC1. The highest BCUT2D eigenvalue weighted by molar-refractivity contribution is 7.99. The molecule has 0 spiro atoms. The maximum absolute atomic E-state index is 13.3. The molecule has 1 aromatic heterocycles. The number of carbonyl (C=O) groups is 1. The minimum Gasteiger partial charge on any atom is -0.484 e. The standard InChI is InChI=1S/C23H22Cl2F3N5O3S/c1-32-20(12-36-19-5-3-15(24)11-16(19)25)30-31-22(32)37-13-21(34)29-17-10-14(23(26,27)28)2-4-18(17)33-6-8-35-9-7-33/h2-5,10-11H,6-9,12-13H2,1H3,(H,29,34). The fourth-order valence-corrected chi connectivity index (χ4v) is 4.73. The summed E-state index contributed by atoms with van der Waals surface area (Å²) >= 11 is 13.1. The van der Waals surface area contributed by atoms with Crippen molar-refractivity contribution in [1.29, 1.82) is 0 Å². The Morgan fingerprint density at radius 1 is 1.16 bits per heavy atom. The van der Waals surface area contributed by atoms with Gasteiger partial charge in [-0.05, 0) is 36.4 Å². The number of carbonyl (C=O) groups excluding carboxylic acids is 1. The lowest BCUT2D eigenvalue weighted by molar-refractivity contribution is -0.137. The first-order valence-corrected chi connectivity index (χ1v) is 12.8. The van der Waals surface area contributed by atoms with Gasteiger partial charge in [-0.25, -0.2) is 0 Å². The van der Waals surface area contributed by atoms with Crippen molar-refractivity contribution in [2.45, 2.75) is 17.9 Å². The first kappa shape index (κ1) is 27.4. The van der Waals surface area contributed by atoms with Crippen LogP contribution in [0.5, 0.6) is 5.75 Å². The number of nitrogens with zero attached hydrogens (tertiary/aromatic N) is 4. The third-order valence-electron chi connectivity index (χ3n) is 5.46. The van der Waals surface area contributed by atoms with Crippen molar-refractivity contribution in [2.24, 2.45) is 7.05 Å². The summed E-state index contributed by atoms with van der Waals surface area (Å²) in [4.78, 5) is 14.6. The molecule has 1 aliphatic rings. The van der Waals surface area contributed by atoms with E-state index in [1.54, 1.807) is 29.8 Å². The summed E-state index contributed by atoms with van der Waals surface area (Å²) in [6, 6.07) is 8.18. The number of nitrogens with one attached hydrogen (secondary N) is 1. The lowest BCUT2D eigenvalue weighted by Gasteiger charge is -2.31. The summed E-state index contributed by atoms with van der Waals surface area (Å²) < 4.78 is 52.6. The predicted molar refractivity (Wildman–Crippen MR) is 136 cm³/mol. The van der Waals surface area contributed by atoms with Crippen molar-refractivity contribution in [3.05, 3.63) is 57.8 Å². The summed E-state index contributed by atoms with van der Waals surface area (Å²) in [5.74, 6) is 0.350. The van der Waals surface area contributed by atoms with E-state index < -0.39 is 17.6 Å². The van der Waals surface area contributed by atoms with Crippen LogP contribution in [0.1, 0.15) is 11.4 Å². The van der Waals surface area contributed by atoms with E-state index >= 15 is 0 Å². The fraction of sp³-hybridized carbons (Fsp3) is 0.348. The highest BCUT2D eigenvalue weighted by Crippen LogP contribution is 2.36.